The highest BCUT2D eigenvalue weighted by atomic mass is 32.2. The number of anilines is 1. The number of carbonyl (C=O) groups excluding carboxylic acids is 2. The maximum absolute atomic E-state index is 13.1. The molecule has 0 aromatic heterocycles. The van der Waals surface area contributed by atoms with Crippen LogP contribution in [0.2, 0.25) is 0 Å². The van der Waals surface area contributed by atoms with Crippen molar-refractivity contribution in [2.75, 3.05) is 11.3 Å². The first-order valence-corrected chi connectivity index (χ1v) is 11.4. The second kappa shape index (κ2) is 10.1. The van der Waals surface area contributed by atoms with E-state index >= 15 is 0 Å². The van der Waals surface area contributed by atoms with Gasteiger partial charge in [0, 0.05) is 16.8 Å². The Morgan fingerprint density at radius 3 is 2.18 bits per heavy atom. The van der Waals surface area contributed by atoms with Gasteiger partial charge < -0.3 is 4.74 Å². The van der Waals surface area contributed by atoms with Crippen molar-refractivity contribution in [1.82, 2.24) is 10.9 Å². The molecular weight excluding hydrogens is 449 g/mol. The van der Waals surface area contributed by atoms with Gasteiger partial charge in [0.25, 0.3) is 21.8 Å². The molecule has 0 heterocycles. The van der Waals surface area contributed by atoms with Gasteiger partial charge in [-0.3, -0.25) is 25.2 Å². The number of carbonyl (C=O) groups is 2. The molecule has 0 aliphatic carbocycles. The molecule has 0 aliphatic rings. The molecule has 0 aliphatic heterocycles. The van der Waals surface area contributed by atoms with Crippen molar-refractivity contribution in [3.63, 3.8) is 0 Å². The molecule has 33 heavy (non-hydrogen) atoms. The van der Waals surface area contributed by atoms with E-state index in [2.05, 4.69) is 15.6 Å². The number of amides is 2. The van der Waals surface area contributed by atoms with E-state index in [4.69, 9.17) is 4.74 Å². The van der Waals surface area contributed by atoms with Crippen LogP contribution in [0, 0.1) is 12.7 Å². The number of hydrogen-bond acceptors (Lipinski definition) is 5. The maximum Gasteiger partial charge on any atom is 0.270 e. The summed E-state index contributed by atoms with van der Waals surface area (Å²) in [4.78, 5) is 24.7. The Kier molecular flexibility index (Phi) is 7.29. The van der Waals surface area contributed by atoms with Crippen LogP contribution in [0.3, 0.4) is 0 Å². The lowest BCUT2D eigenvalue weighted by Gasteiger charge is -2.12. The topological polar surface area (TPSA) is 114 Å². The predicted molar refractivity (Wildman–Crippen MR) is 121 cm³/mol. The first-order chi connectivity index (χ1) is 15.7. The fourth-order valence-electron chi connectivity index (χ4n) is 2.87. The Morgan fingerprint density at radius 2 is 1.55 bits per heavy atom. The van der Waals surface area contributed by atoms with Crippen molar-refractivity contribution in [3.8, 4) is 5.75 Å². The smallest absolute Gasteiger partial charge is 0.270 e. The highest BCUT2D eigenvalue weighted by Crippen LogP contribution is 2.20. The molecule has 0 spiro atoms. The van der Waals surface area contributed by atoms with Gasteiger partial charge >= 0.3 is 0 Å². The second-order valence-corrected chi connectivity index (χ2v) is 8.64. The third-order valence-electron chi connectivity index (χ3n) is 4.58. The van der Waals surface area contributed by atoms with Gasteiger partial charge in [-0.15, -0.1) is 0 Å². The van der Waals surface area contributed by atoms with Gasteiger partial charge in [0.1, 0.15) is 11.6 Å². The van der Waals surface area contributed by atoms with E-state index in [0.29, 0.717) is 23.5 Å². The summed E-state index contributed by atoms with van der Waals surface area (Å²) < 4.78 is 46.1. The predicted octanol–water partition coefficient (Wildman–Crippen LogP) is 3.41. The SMILES string of the molecule is CCOc1ccc(C(=O)NNC(=O)c2cc(S(=O)(=O)Nc3ccc(F)cc3)ccc2C)cc1. The highest BCUT2D eigenvalue weighted by Gasteiger charge is 2.19. The Bertz CT molecular complexity index is 1260. The number of nitrogens with one attached hydrogen (secondary N) is 3. The van der Waals surface area contributed by atoms with Crippen LogP contribution < -0.4 is 20.3 Å². The number of ether oxygens (including phenoxy) is 1. The van der Waals surface area contributed by atoms with Crippen LogP contribution in [0.15, 0.2) is 71.6 Å². The van der Waals surface area contributed by atoms with Gasteiger partial charge in [-0.2, -0.15) is 0 Å². The number of aryl methyl sites for hydroxylation is 1. The minimum absolute atomic E-state index is 0.0592. The van der Waals surface area contributed by atoms with Crippen molar-refractivity contribution in [3.05, 3.63) is 89.2 Å². The number of sulfonamides is 1. The molecule has 3 rings (SSSR count). The Hall–Kier alpha value is -3.92. The van der Waals surface area contributed by atoms with Gasteiger partial charge in [-0.1, -0.05) is 6.07 Å². The van der Waals surface area contributed by atoms with Gasteiger partial charge in [0.05, 0.1) is 11.5 Å². The van der Waals surface area contributed by atoms with E-state index in [1.807, 2.05) is 6.92 Å². The molecule has 0 radical (unpaired) electrons. The van der Waals surface area contributed by atoms with Crippen LogP contribution in [0.1, 0.15) is 33.2 Å². The van der Waals surface area contributed by atoms with E-state index in [1.165, 1.54) is 30.3 Å². The van der Waals surface area contributed by atoms with E-state index in [0.717, 1.165) is 12.1 Å². The summed E-state index contributed by atoms with van der Waals surface area (Å²) in [5.41, 5.74) is 5.62. The third-order valence-corrected chi connectivity index (χ3v) is 5.96. The van der Waals surface area contributed by atoms with E-state index < -0.39 is 27.7 Å². The van der Waals surface area contributed by atoms with E-state index in [1.54, 1.807) is 31.2 Å². The van der Waals surface area contributed by atoms with Crippen LogP contribution in [0.5, 0.6) is 5.75 Å². The standard InChI is InChI=1S/C23H22FN3O5S/c1-3-32-19-11-5-16(6-12-19)22(28)25-26-23(29)21-14-20(13-4-15(21)2)33(30,31)27-18-9-7-17(24)8-10-18/h4-14,27H,3H2,1-2H3,(H,25,28)(H,26,29). The lowest BCUT2D eigenvalue weighted by Crippen LogP contribution is -2.41. The fraction of sp³-hybridized carbons (Fsp3) is 0.130. The summed E-state index contributed by atoms with van der Waals surface area (Å²) in [6, 6.07) is 15.2. The van der Waals surface area contributed by atoms with Gasteiger partial charge in [-0.05, 0) is 80.1 Å². The second-order valence-electron chi connectivity index (χ2n) is 6.95. The molecule has 3 aromatic carbocycles. The van der Waals surface area contributed by atoms with Crippen LogP contribution in [0.4, 0.5) is 10.1 Å². The largest absolute Gasteiger partial charge is 0.494 e. The fourth-order valence-corrected chi connectivity index (χ4v) is 3.95. The lowest BCUT2D eigenvalue weighted by molar-refractivity contribution is 0.0846. The highest BCUT2D eigenvalue weighted by molar-refractivity contribution is 7.92. The number of hydrazine groups is 1. The van der Waals surface area contributed by atoms with Gasteiger partial charge in [0.2, 0.25) is 0 Å². The number of hydrogen-bond donors (Lipinski definition) is 3. The van der Waals surface area contributed by atoms with Crippen molar-refractivity contribution in [2.45, 2.75) is 18.7 Å². The molecular formula is C23H22FN3O5S. The summed E-state index contributed by atoms with van der Waals surface area (Å²) >= 11 is 0. The molecule has 172 valence electrons. The van der Waals surface area contributed by atoms with E-state index in [9.17, 15) is 22.4 Å². The average Bonchev–Trinajstić information content (AvgIpc) is 2.79. The summed E-state index contributed by atoms with van der Waals surface area (Å²) in [5, 5.41) is 0. The van der Waals surface area contributed by atoms with Gasteiger partial charge in [0.15, 0.2) is 0 Å². The maximum atomic E-state index is 13.1. The first-order valence-electron chi connectivity index (χ1n) is 9.92. The minimum Gasteiger partial charge on any atom is -0.494 e. The van der Waals surface area contributed by atoms with Crippen molar-refractivity contribution in [1.29, 1.82) is 0 Å². The zero-order chi connectivity index (χ0) is 24.0. The zero-order valence-electron chi connectivity index (χ0n) is 17.9. The molecule has 2 amide bonds. The number of benzene rings is 3. The minimum atomic E-state index is -4.03. The normalized spacial score (nSPS) is 10.9. The Balaban J connectivity index is 1.71. The van der Waals surface area contributed by atoms with Gasteiger partial charge in [-0.25, -0.2) is 12.8 Å². The quantitative estimate of drug-likeness (QED) is 0.457. The molecule has 8 nitrogen and oxygen atoms in total. The lowest BCUT2D eigenvalue weighted by atomic mass is 10.1. The molecule has 0 unspecified atom stereocenters. The monoisotopic (exact) mass is 471 g/mol. The van der Waals surface area contributed by atoms with Crippen molar-refractivity contribution < 1.29 is 27.1 Å². The molecule has 3 aromatic rings. The molecule has 0 atom stereocenters. The van der Waals surface area contributed by atoms with Crippen LogP contribution in [-0.2, 0) is 10.0 Å². The van der Waals surface area contributed by atoms with Crippen LogP contribution in [-0.4, -0.2) is 26.8 Å². The molecule has 3 N–H and O–H groups in total. The van der Waals surface area contributed by atoms with Crippen molar-refractivity contribution in [2.24, 2.45) is 0 Å². The summed E-state index contributed by atoms with van der Waals surface area (Å²) in [6.07, 6.45) is 0. The molecule has 0 saturated heterocycles. The summed E-state index contributed by atoms with van der Waals surface area (Å²) in [6.45, 7) is 3.97. The molecule has 0 saturated carbocycles. The summed E-state index contributed by atoms with van der Waals surface area (Å²) in [7, 11) is -4.03. The zero-order valence-corrected chi connectivity index (χ0v) is 18.7. The van der Waals surface area contributed by atoms with Crippen molar-refractivity contribution >= 4 is 27.5 Å². The summed E-state index contributed by atoms with van der Waals surface area (Å²) in [5.74, 6) is -1.13. The first kappa shape index (κ1) is 23.7. The molecule has 0 bridgehead atoms. The Morgan fingerprint density at radius 1 is 0.909 bits per heavy atom. The number of halogens is 1. The van der Waals surface area contributed by atoms with Crippen LogP contribution >= 0.6 is 0 Å². The third kappa shape index (κ3) is 6.07. The molecule has 0 fully saturated rings. The molecule has 10 heteroatoms. The van der Waals surface area contributed by atoms with Crippen LogP contribution in [0.25, 0.3) is 0 Å². The number of rotatable bonds is 7. The average molecular weight is 472 g/mol. The van der Waals surface area contributed by atoms with E-state index in [-0.39, 0.29) is 16.1 Å². The Labute approximate surface area is 190 Å².